The van der Waals surface area contributed by atoms with Gasteiger partial charge in [0.1, 0.15) is 5.60 Å². The van der Waals surface area contributed by atoms with Crippen molar-refractivity contribution in [1.29, 1.82) is 0 Å². The van der Waals surface area contributed by atoms with Crippen LogP contribution in [0.25, 0.3) is 0 Å². The van der Waals surface area contributed by atoms with Gasteiger partial charge < -0.3 is 15.0 Å². The van der Waals surface area contributed by atoms with E-state index < -0.39 is 5.60 Å². The van der Waals surface area contributed by atoms with Crippen molar-refractivity contribution in [2.75, 3.05) is 20.1 Å². The molecule has 2 rings (SSSR count). The fourth-order valence-corrected chi connectivity index (χ4v) is 2.50. The number of nitrogens with one attached hydrogen (secondary N) is 1. The number of carbonyl (C=O) groups excluding carboxylic acids is 1. The Labute approximate surface area is 97.3 Å². The Morgan fingerprint density at radius 1 is 1.44 bits per heavy atom. The Morgan fingerprint density at radius 2 is 2.06 bits per heavy atom. The fourth-order valence-electron chi connectivity index (χ4n) is 2.50. The summed E-state index contributed by atoms with van der Waals surface area (Å²) in [7, 11) is 1.98. The third-order valence-corrected chi connectivity index (χ3v) is 3.54. The molecule has 0 aromatic rings. The first-order chi connectivity index (χ1) is 7.36. The minimum atomic E-state index is -0.397. The maximum absolute atomic E-state index is 11.9. The third-order valence-electron chi connectivity index (χ3n) is 3.54. The Balaban J connectivity index is 1.95. The van der Waals surface area contributed by atoms with Gasteiger partial charge in [-0.1, -0.05) is 0 Å². The number of nitrogens with zero attached hydrogens (tertiary/aromatic N) is 1. The lowest BCUT2D eigenvalue weighted by Gasteiger charge is -2.24. The first-order valence-electron chi connectivity index (χ1n) is 6.01. The largest absolute Gasteiger partial charge is 0.444 e. The van der Waals surface area contributed by atoms with Gasteiger partial charge in [-0.3, -0.25) is 0 Å². The third kappa shape index (κ3) is 2.17. The van der Waals surface area contributed by atoms with Crippen molar-refractivity contribution >= 4 is 6.09 Å². The number of ether oxygens (including phenoxy) is 1. The van der Waals surface area contributed by atoms with E-state index in [0.717, 1.165) is 13.1 Å². The lowest BCUT2D eigenvalue weighted by atomic mass is 10.0. The van der Waals surface area contributed by atoms with Gasteiger partial charge >= 0.3 is 6.09 Å². The summed E-state index contributed by atoms with van der Waals surface area (Å²) in [5, 5.41) is 3.31. The minimum absolute atomic E-state index is 0.170. The molecule has 2 fully saturated rings. The lowest BCUT2D eigenvalue weighted by molar-refractivity contribution is 0.0284. The second kappa shape index (κ2) is 3.62. The zero-order valence-electron chi connectivity index (χ0n) is 10.7. The molecule has 1 spiro atoms. The van der Waals surface area contributed by atoms with E-state index in [9.17, 15) is 4.79 Å². The van der Waals surface area contributed by atoms with Crippen LogP contribution in [0.5, 0.6) is 0 Å². The molecule has 1 aliphatic heterocycles. The predicted octanol–water partition coefficient (Wildman–Crippen LogP) is 1.61. The number of hydrogen-bond donors (Lipinski definition) is 1. The Kier molecular flexibility index (Phi) is 2.65. The van der Waals surface area contributed by atoms with E-state index in [1.54, 1.807) is 0 Å². The van der Waals surface area contributed by atoms with Crippen LogP contribution in [-0.4, -0.2) is 42.8 Å². The molecule has 2 aliphatic rings. The van der Waals surface area contributed by atoms with E-state index in [-0.39, 0.29) is 6.09 Å². The molecular formula is C12H22N2O2. The van der Waals surface area contributed by atoms with Gasteiger partial charge in [-0.2, -0.15) is 0 Å². The average Bonchev–Trinajstić information content (AvgIpc) is 2.77. The van der Waals surface area contributed by atoms with Crippen LogP contribution in [0.4, 0.5) is 4.79 Å². The van der Waals surface area contributed by atoms with Crippen molar-refractivity contribution in [3.8, 4) is 0 Å². The van der Waals surface area contributed by atoms with Crippen LogP contribution >= 0.6 is 0 Å². The van der Waals surface area contributed by atoms with E-state index in [2.05, 4.69) is 5.32 Å². The molecule has 4 nitrogen and oxygen atoms in total. The highest BCUT2D eigenvalue weighted by Crippen LogP contribution is 2.52. The van der Waals surface area contributed by atoms with Gasteiger partial charge in [0.15, 0.2) is 0 Å². The standard InChI is InChI=1S/C12H22N2O2/c1-11(2,3)16-10(15)14-7-9(13-4)12(8-14)5-6-12/h9,13H,5-8H2,1-4H3. The van der Waals surface area contributed by atoms with E-state index in [1.807, 2.05) is 32.7 Å². The van der Waals surface area contributed by atoms with Crippen LogP contribution in [0.15, 0.2) is 0 Å². The van der Waals surface area contributed by atoms with Crippen molar-refractivity contribution in [3.63, 3.8) is 0 Å². The van der Waals surface area contributed by atoms with Gasteiger partial charge in [0.25, 0.3) is 0 Å². The molecule has 4 heteroatoms. The zero-order chi connectivity index (χ0) is 12.0. The molecule has 92 valence electrons. The summed E-state index contributed by atoms with van der Waals surface area (Å²) in [5.41, 5.74) is -0.0445. The van der Waals surface area contributed by atoms with Crippen LogP contribution in [0, 0.1) is 5.41 Å². The molecule has 1 atom stereocenters. The van der Waals surface area contributed by atoms with Crippen molar-refractivity contribution in [3.05, 3.63) is 0 Å². The van der Waals surface area contributed by atoms with Gasteiger partial charge in [0.05, 0.1) is 0 Å². The van der Waals surface area contributed by atoms with E-state index >= 15 is 0 Å². The SMILES string of the molecule is CNC1CN(C(=O)OC(C)(C)C)CC12CC2. The molecule has 0 bridgehead atoms. The molecule has 1 amide bonds. The molecule has 0 aromatic heterocycles. The first kappa shape index (κ1) is 11.7. The van der Waals surface area contributed by atoms with Gasteiger partial charge in [-0.05, 0) is 40.7 Å². The van der Waals surface area contributed by atoms with Crippen LogP contribution in [0.3, 0.4) is 0 Å². The molecule has 0 aromatic carbocycles. The molecule has 1 unspecified atom stereocenters. The molecule has 1 aliphatic carbocycles. The number of rotatable bonds is 1. The second-order valence-electron chi connectivity index (χ2n) is 6.06. The Bertz CT molecular complexity index is 292. The number of likely N-dealkylation sites (N-methyl/N-ethyl adjacent to an activating group) is 1. The highest BCUT2D eigenvalue weighted by Gasteiger charge is 2.55. The highest BCUT2D eigenvalue weighted by molar-refractivity contribution is 5.69. The van der Waals surface area contributed by atoms with E-state index in [0.29, 0.717) is 11.5 Å². The molecule has 1 N–H and O–H groups in total. The van der Waals surface area contributed by atoms with Gasteiger partial charge in [0, 0.05) is 24.5 Å². The summed E-state index contributed by atoms with van der Waals surface area (Å²) in [5.74, 6) is 0. The summed E-state index contributed by atoms with van der Waals surface area (Å²) in [6, 6.07) is 0.444. The van der Waals surface area contributed by atoms with E-state index in [4.69, 9.17) is 4.74 Å². The molecule has 1 saturated heterocycles. The molecule has 1 heterocycles. The predicted molar refractivity (Wildman–Crippen MR) is 62.3 cm³/mol. The summed E-state index contributed by atoms with van der Waals surface area (Å²) in [4.78, 5) is 13.8. The smallest absolute Gasteiger partial charge is 0.410 e. The summed E-state index contributed by atoms with van der Waals surface area (Å²) in [6.07, 6.45) is 2.30. The van der Waals surface area contributed by atoms with Crippen LogP contribution < -0.4 is 5.32 Å². The highest BCUT2D eigenvalue weighted by atomic mass is 16.6. The van der Waals surface area contributed by atoms with Crippen molar-refractivity contribution in [1.82, 2.24) is 10.2 Å². The van der Waals surface area contributed by atoms with Gasteiger partial charge in [0.2, 0.25) is 0 Å². The average molecular weight is 226 g/mol. The van der Waals surface area contributed by atoms with Crippen LogP contribution in [-0.2, 0) is 4.74 Å². The van der Waals surface area contributed by atoms with Gasteiger partial charge in [-0.25, -0.2) is 4.79 Å². The quantitative estimate of drug-likeness (QED) is 0.738. The number of hydrogen-bond acceptors (Lipinski definition) is 3. The van der Waals surface area contributed by atoms with Gasteiger partial charge in [-0.15, -0.1) is 0 Å². The van der Waals surface area contributed by atoms with Crippen molar-refractivity contribution < 1.29 is 9.53 Å². The number of carbonyl (C=O) groups is 1. The number of likely N-dealkylation sites (tertiary alicyclic amines) is 1. The fraction of sp³-hybridized carbons (Fsp3) is 0.917. The summed E-state index contributed by atoms with van der Waals surface area (Å²) >= 11 is 0. The van der Waals surface area contributed by atoms with Crippen LogP contribution in [0.1, 0.15) is 33.6 Å². The maximum atomic E-state index is 11.9. The zero-order valence-corrected chi connectivity index (χ0v) is 10.7. The van der Waals surface area contributed by atoms with Crippen molar-refractivity contribution in [2.24, 2.45) is 5.41 Å². The van der Waals surface area contributed by atoms with E-state index in [1.165, 1.54) is 12.8 Å². The molecule has 16 heavy (non-hydrogen) atoms. The Morgan fingerprint density at radius 3 is 2.44 bits per heavy atom. The topological polar surface area (TPSA) is 41.6 Å². The molecular weight excluding hydrogens is 204 g/mol. The summed E-state index contributed by atoms with van der Waals surface area (Å²) < 4.78 is 5.39. The lowest BCUT2D eigenvalue weighted by Crippen LogP contribution is -2.37. The maximum Gasteiger partial charge on any atom is 0.410 e. The van der Waals surface area contributed by atoms with Crippen molar-refractivity contribution in [2.45, 2.75) is 45.3 Å². The minimum Gasteiger partial charge on any atom is -0.444 e. The molecule has 1 saturated carbocycles. The van der Waals surface area contributed by atoms with Crippen LogP contribution in [0.2, 0.25) is 0 Å². The normalized spacial score (nSPS) is 27.2. The summed E-state index contributed by atoms with van der Waals surface area (Å²) in [6.45, 7) is 7.36. The second-order valence-corrected chi connectivity index (χ2v) is 6.06. The monoisotopic (exact) mass is 226 g/mol. The molecule has 0 radical (unpaired) electrons. The first-order valence-corrected chi connectivity index (χ1v) is 6.01. The number of amides is 1. The Hall–Kier alpha value is -0.770.